The normalized spacial score (nSPS) is 13.0. The highest BCUT2D eigenvalue weighted by Crippen LogP contribution is 2.37. The number of nitro groups is 1. The van der Waals surface area contributed by atoms with Gasteiger partial charge in [-0.2, -0.15) is 5.10 Å². The van der Waals surface area contributed by atoms with Gasteiger partial charge in [0.15, 0.2) is 5.65 Å². The second kappa shape index (κ2) is 6.98. The lowest BCUT2D eigenvalue weighted by atomic mass is 10.1. The highest BCUT2D eigenvalue weighted by atomic mass is 16.6. The lowest BCUT2D eigenvalue weighted by Crippen LogP contribution is -2.30. The molecule has 1 aliphatic heterocycles. The minimum atomic E-state index is -0.662. The molecule has 4 aromatic rings. The van der Waals surface area contributed by atoms with Crippen LogP contribution in [0.1, 0.15) is 26.4 Å². The fourth-order valence-corrected chi connectivity index (χ4v) is 3.89. The third-order valence-electron chi connectivity index (χ3n) is 5.36. The van der Waals surface area contributed by atoms with Crippen LogP contribution in [0.4, 0.5) is 11.4 Å². The van der Waals surface area contributed by atoms with Gasteiger partial charge in [0.2, 0.25) is 0 Å². The number of aryl methyl sites for hydroxylation is 1. The van der Waals surface area contributed by atoms with Crippen LogP contribution in [-0.2, 0) is 0 Å². The molecule has 0 aliphatic carbocycles. The van der Waals surface area contributed by atoms with Crippen molar-refractivity contribution in [1.82, 2.24) is 14.8 Å². The Morgan fingerprint density at radius 1 is 1.03 bits per heavy atom. The molecule has 2 amide bonds. The van der Waals surface area contributed by atoms with Crippen LogP contribution in [-0.4, -0.2) is 38.6 Å². The summed E-state index contributed by atoms with van der Waals surface area (Å²) < 4.78 is 6.76. The Morgan fingerprint density at radius 2 is 1.75 bits per heavy atom. The molecule has 0 unspecified atom stereocenters. The molecule has 0 N–H and O–H groups in total. The lowest BCUT2D eigenvalue weighted by molar-refractivity contribution is -0.384. The first-order valence-corrected chi connectivity index (χ1v) is 9.57. The maximum absolute atomic E-state index is 13.4. The van der Waals surface area contributed by atoms with Gasteiger partial charge in [0.25, 0.3) is 17.5 Å². The first kappa shape index (κ1) is 19.4. The fourth-order valence-electron chi connectivity index (χ4n) is 3.89. The number of benzene rings is 2. The average molecular weight is 429 g/mol. The molecule has 0 atom stereocenters. The van der Waals surface area contributed by atoms with Crippen molar-refractivity contribution in [2.24, 2.45) is 0 Å². The van der Waals surface area contributed by atoms with Crippen LogP contribution in [0.25, 0.3) is 16.7 Å². The minimum absolute atomic E-state index is 0.0815. The van der Waals surface area contributed by atoms with Crippen LogP contribution in [0.5, 0.6) is 5.75 Å². The molecular weight excluding hydrogens is 414 g/mol. The monoisotopic (exact) mass is 429 g/mol. The first-order chi connectivity index (χ1) is 15.4. The molecule has 0 saturated heterocycles. The second-order valence-corrected chi connectivity index (χ2v) is 7.13. The number of fused-ring (bicyclic) bond motifs is 3. The van der Waals surface area contributed by atoms with E-state index in [2.05, 4.69) is 10.1 Å². The molecule has 10 heteroatoms. The zero-order valence-corrected chi connectivity index (χ0v) is 17.0. The van der Waals surface area contributed by atoms with E-state index >= 15 is 0 Å². The summed E-state index contributed by atoms with van der Waals surface area (Å²) in [6, 6.07) is 12.8. The fraction of sp³-hybridized carbons (Fsp3) is 0.0909. The maximum Gasteiger partial charge on any atom is 0.293 e. The highest BCUT2D eigenvalue weighted by Gasteiger charge is 2.42. The molecule has 2 aromatic heterocycles. The maximum atomic E-state index is 13.4. The molecule has 32 heavy (non-hydrogen) atoms. The predicted molar refractivity (Wildman–Crippen MR) is 114 cm³/mol. The van der Waals surface area contributed by atoms with Crippen molar-refractivity contribution in [2.75, 3.05) is 12.0 Å². The Morgan fingerprint density at radius 3 is 2.44 bits per heavy atom. The molecule has 0 radical (unpaired) electrons. The number of amides is 2. The molecule has 158 valence electrons. The third-order valence-corrected chi connectivity index (χ3v) is 5.36. The number of anilines is 1. The number of hydrogen-bond acceptors (Lipinski definition) is 7. The molecule has 1 aliphatic rings. The van der Waals surface area contributed by atoms with Gasteiger partial charge in [-0.1, -0.05) is 12.1 Å². The number of methoxy groups -OCH3 is 1. The number of aromatic nitrogens is 3. The Hall–Kier alpha value is -4.60. The van der Waals surface area contributed by atoms with Gasteiger partial charge in [-0.05, 0) is 37.3 Å². The largest absolute Gasteiger partial charge is 0.497 e. The quantitative estimate of drug-likeness (QED) is 0.277. The Bertz CT molecular complexity index is 1440. The van der Waals surface area contributed by atoms with Gasteiger partial charge < -0.3 is 4.74 Å². The smallest absolute Gasteiger partial charge is 0.293 e. The number of rotatable bonds is 4. The number of carbonyl (C=O) groups is 2. The van der Waals surface area contributed by atoms with E-state index in [9.17, 15) is 19.7 Å². The lowest BCUT2D eigenvalue weighted by Gasteiger charge is -2.13. The summed E-state index contributed by atoms with van der Waals surface area (Å²) in [6.45, 7) is 1.72. The summed E-state index contributed by atoms with van der Waals surface area (Å²) >= 11 is 0. The van der Waals surface area contributed by atoms with Crippen LogP contribution < -0.4 is 9.64 Å². The summed E-state index contributed by atoms with van der Waals surface area (Å²) in [6.07, 6.45) is 1.31. The van der Waals surface area contributed by atoms with E-state index in [0.29, 0.717) is 28.2 Å². The SMILES string of the molecule is COc1ccc(-n2nc(C)c3c4c(cnc32)C(=O)N(c2ccccc2[N+](=O)[O-])C4=O)cc1. The molecule has 0 bridgehead atoms. The van der Waals surface area contributed by atoms with Gasteiger partial charge >= 0.3 is 0 Å². The summed E-state index contributed by atoms with van der Waals surface area (Å²) in [5.41, 5.74) is 1.40. The molecule has 5 rings (SSSR count). The van der Waals surface area contributed by atoms with Gasteiger partial charge in [-0.3, -0.25) is 19.7 Å². The Kier molecular flexibility index (Phi) is 4.22. The molecule has 2 aromatic carbocycles. The minimum Gasteiger partial charge on any atom is -0.497 e. The molecule has 0 fully saturated rings. The average Bonchev–Trinajstić information content (AvgIpc) is 3.27. The van der Waals surface area contributed by atoms with E-state index in [-0.39, 0.29) is 22.5 Å². The van der Waals surface area contributed by atoms with E-state index in [4.69, 9.17) is 4.74 Å². The van der Waals surface area contributed by atoms with E-state index in [1.54, 1.807) is 43.0 Å². The van der Waals surface area contributed by atoms with E-state index in [0.717, 1.165) is 4.90 Å². The summed E-state index contributed by atoms with van der Waals surface area (Å²) in [5.74, 6) is -0.633. The molecule has 0 spiro atoms. The van der Waals surface area contributed by atoms with Crippen LogP contribution in [0.2, 0.25) is 0 Å². The van der Waals surface area contributed by atoms with E-state index in [1.807, 2.05) is 0 Å². The number of nitro benzene ring substituents is 1. The van der Waals surface area contributed by atoms with E-state index in [1.165, 1.54) is 30.5 Å². The van der Waals surface area contributed by atoms with E-state index < -0.39 is 16.7 Å². The Labute approximate surface area is 180 Å². The number of imide groups is 1. The van der Waals surface area contributed by atoms with Gasteiger partial charge in [0.1, 0.15) is 11.4 Å². The number of ether oxygens (including phenoxy) is 1. The number of hydrogen-bond donors (Lipinski definition) is 0. The van der Waals surface area contributed by atoms with Crippen LogP contribution >= 0.6 is 0 Å². The van der Waals surface area contributed by atoms with Crippen molar-refractivity contribution in [3.63, 3.8) is 0 Å². The zero-order valence-electron chi connectivity index (χ0n) is 17.0. The topological polar surface area (TPSA) is 120 Å². The van der Waals surface area contributed by atoms with Crippen molar-refractivity contribution in [2.45, 2.75) is 6.92 Å². The molecule has 10 nitrogen and oxygen atoms in total. The highest BCUT2D eigenvalue weighted by molar-refractivity contribution is 6.38. The third kappa shape index (κ3) is 2.66. The van der Waals surface area contributed by atoms with Crippen LogP contribution in [0, 0.1) is 17.0 Å². The predicted octanol–water partition coefficient (Wildman–Crippen LogP) is 3.45. The van der Waals surface area contributed by atoms with Crippen molar-refractivity contribution in [1.29, 1.82) is 0 Å². The van der Waals surface area contributed by atoms with Crippen molar-refractivity contribution in [3.05, 3.63) is 81.7 Å². The molecule has 3 heterocycles. The van der Waals surface area contributed by atoms with Gasteiger partial charge in [-0.15, -0.1) is 0 Å². The second-order valence-electron chi connectivity index (χ2n) is 7.13. The van der Waals surface area contributed by atoms with Gasteiger partial charge in [-0.25, -0.2) is 14.6 Å². The Balaban J connectivity index is 1.69. The number of pyridine rings is 1. The molecular formula is C22H15N5O5. The number of nitrogens with zero attached hydrogens (tertiary/aromatic N) is 5. The summed E-state index contributed by atoms with van der Waals surface area (Å²) in [7, 11) is 1.57. The molecule has 0 saturated carbocycles. The standard InChI is InChI=1S/C22H15N5O5/c1-12-18-19-15(11-23-20(18)26(24-12)13-7-9-14(32-2)10-8-13)21(28)25(22(19)29)16-5-3-4-6-17(16)27(30)31/h3-11H,1-2H3. The van der Waals surface area contributed by atoms with Crippen LogP contribution in [0.15, 0.2) is 54.7 Å². The van der Waals surface area contributed by atoms with Crippen molar-refractivity contribution in [3.8, 4) is 11.4 Å². The van der Waals surface area contributed by atoms with Gasteiger partial charge in [0, 0.05) is 12.3 Å². The summed E-state index contributed by atoms with van der Waals surface area (Å²) in [5, 5.41) is 16.4. The van der Waals surface area contributed by atoms with Crippen molar-refractivity contribution < 1.29 is 19.2 Å². The zero-order chi connectivity index (χ0) is 22.6. The van der Waals surface area contributed by atoms with Gasteiger partial charge in [0.05, 0.1) is 39.9 Å². The number of carbonyl (C=O) groups excluding carboxylic acids is 2. The summed E-state index contributed by atoms with van der Waals surface area (Å²) in [4.78, 5) is 42.5. The first-order valence-electron chi connectivity index (χ1n) is 9.57. The van der Waals surface area contributed by atoms with Crippen molar-refractivity contribution >= 4 is 34.2 Å². The number of para-hydroxylation sites is 2. The van der Waals surface area contributed by atoms with Crippen LogP contribution in [0.3, 0.4) is 0 Å².